The minimum absolute atomic E-state index is 0.101. The molecule has 2 aliphatic heterocycles. The van der Waals surface area contributed by atoms with Crippen molar-refractivity contribution >= 4 is 17.5 Å². The topological polar surface area (TPSA) is 50.8 Å². The fourth-order valence-electron chi connectivity index (χ4n) is 4.78. The van der Waals surface area contributed by atoms with Gasteiger partial charge in [-0.15, -0.1) is 0 Å². The summed E-state index contributed by atoms with van der Waals surface area (Å²) in [6.07, 6.45) is 4.32. The lowest BCUT2D eigenvalue weighted by atomic mass is 9.96. The molecule has 2 saturated heterocycles. The normalized spacial score (nSPS) is 23.6. The van der Waals surface area contributed by atoms with Crippen molar-refractivity contribution in [2.24, 2.45) is 0 Å². The first-order chi connectivity index (χ1) is 14.1. The van der Waals surface area contributed by atoms with E-state index in [1.54, 1.807) is 26.4 Å². The highest BCUT2D eigenvalue weighted by Gasteiger charge is 2.41. The van der Waals surface area contributed by atoms with Crippen LogP contribution in [0.5, 0.6) is 11.5 Å². The largest absolute Gasteiger partial charge is 0.493 e. The minimum atomic E-state index is -0.101. The van der Waals surface area contributed by atoms with Crippen LogP contribution >= 0.6 is 11.6 Å². The molecule has 0 aromatic heterocycles. The van der Waals surface area contributed by atoms with E-state index in [1.165, 1.54) is 18.4 Å². The number of methoxy groups -OCH3 is 2. The van der Waals surface area contributed by atoms with Crippen molar-refractivity contribution in [2.75, 3.05) is 14.2 Å². The number of ether oxygens (including phenoxy) is 2. The van der Waals surface area contributed by atoms with Crippen molar-refractivity contribution in [3.63, 3.8) is 0 Å². The molecule has 0 spiro atoms. The maximum Gasteiger partial charge on any atom is 0.255 e. The lowest BCUT2D eigenvalue weighted by Gasteiger charge is -2.39. The Morgan fingerprint density at radius 1 is 1.07 bits per heavy atom. The monoisotopic (exact) mass is 414 g/mol. The molecule has 0 radical (unpaired) electrons. The van der Waals surface area contributed by atoms with Gasteiger partial charge in [-0.3, -0.25) is 9.69 Å². The quantitative estimate of drug-likeness (QED) is 0.766. The SMILES string of the molecule is COc1cccc(C(=O)NC2CC3CCC(C2)N3Cc2ccc(Cl)cc2)c1OC. The highest BCUT2D eigenvalue weighted by atomic mass is 35.5. The summed E-state index contributed by atoms with van der Waals surface area (Å²) in [4.78, 5) is 15.5. The van der Waals surface area contributed by atoms with Crippen molar-refractivity contribution < 1.29 is 14.3 Å². The van der Waals surface area contributed by atoms with Crippen LogP contribution in [0.2, 0.25) is 5.02 Å². The molecule has 2 aromatic rings. The average molecular weight is 415 g/mol. The minimum Gasteiger partial charge on any atom is -0.493 e. The fraction of sp³-hybridized carbons (Fsp3) is 0.435. The van der Waals surface area contributed by atoms with Crippen molar-refractivity contribution in [2.45, 2.75) is 50.4 Å². The summed E-state index contributed by atoms with van der Waals surface area (Å²) in [5.41, 5.74) is 1.80. The second kappa shape index (κ2) is 8.64. The molecule has 1 N–H and O–H groups in total. The van der Waals surface area contributed by atoms with Crippen molar-refractivity contribution in [1.29, 1.82) is 0 Å². The molecule has 2 unspecified atom stereocenters. The molecule has 0 saturated carbocycles. The molecule has 5 nitrogen and oxygen atoms in total. The lowest BCUT2D eigenvalue weighted by Crippen LogP contribution is -2.50. The Morgan fingerprint density at radius 3 is 2.38 bits per heavy atom. The fourth-order valence-corrected chi connectivity index (χ4v) is 4.91. The van der Waals surface area contributed by atoms with E-state index in [0.29, 0.717) is 29.1 Å². The Hall–Kier alpha value is -2.24. The second-order valence-electron chi connectivity index (χ2n) is 7.87. The van der Waals surface area contributed by atoms with Gasteiger partial charge in [0, 0.05) is 29.7 Å². The van der Waals surface area contributed by atoms with Gasteiger partial charge in [0.25, 0.3) is 5.91 Å². The van der Waals surface area contributed by atoms with Gasteiger partial charge in [-0.05, 0) is 55.5 Å². The van der Waals surface area contributed by atoms with Crippen LogP contribution in [0.3, 0.4) is 0 Å². The van der Waals surface area contributed by atoms with E-state index in [9.17, 15) is 4.79 Å². The second-order valence-corrected chi connectivity index (χ2v) is 8.30. The van der Waals surface area contributed by atoms with Gasteiger partial charge in [-0.1, -0.05) is 29.8 Å². The molecule has 4 rings (SSSR count). The number of nitrogens with one attached hydrogen (secondary N) is 1. The zero-order chi connectivity index (χ0) is 20.4. The number of amides is 1. The van der Waals surface area contributed by atoms with Crippen LogP contribution in [0.15, 0.2) is 42.5 Å². The molecular weight excluding hydrogens is 388 g/mol. The maximum atomic E-state index is 12.9. The van der Waals surface area contributed by atoms with Gasteiger partial charge < -0.3 is 14.8 Å². The van der Waals surface area contributed by atoms with Crippen LogP contribution < -0.4 is 14.8 Å². The molecule has 2 bridgehead atoms. The predicted octanol–water partition coefficient (Wildman–Crippen LogP) is 4.28. The number of fused-ring (bicyclic) bond motifs is 2. The van der Waals surface area contributed by atoms with Crippen LogP contribution in [-0.4, -0.2) is 43.2 Å². The highest BCUT2D eigenvalue weighted by Crippen LogP contribution is 2.37. The Kier molecular flexibility index (Phi) is 5.97. The third-order valence-corrected chi connectivity index (χ3v) is 6.40. The van der Waals surface area contributed by atoms with Gasteiger partial charge in [-0.2, -0.15) is 0 Å². The number of piperidine rings is 1. The number of rotatable bonds is 6. The van der Waals surface area contributed by atoms with E-state index in [-0.39, 0.29) is 11.9 Å². The molecule has 0 aliphatic carbocycles. The van der Waals surface area contributed by atoms with Crippen molar-refractivity contribution in [3.05, 3.63) is 58.6 Å². The standard InChI is InChI=1S/C23H27ClN2O3/c1-28-21-5-3-4-20(22(21)29-2)23(27)25-17-12-18-10-11-19(13-17)26(18)14-15-6-8-16(24)9-7-15/h3-9,17-19H,10-14H2,1-2H3,(H,25,27). The summed E-state index contributed by atoms with van der Waals surface area (Å²) in [5.74, 6) is 0.949. The number of benzene rings is 2. The zero-order valence-electron chi connectivity index (χ0n) is 16.9. The number of carbonyl (C=O) groups is 1. The van der Waals surface area contributed by atoms with Gasteiger partial charge in [0.1, 0.15) is 0 Å². The molecule has 2 aliphatic rings. The number of carbonyl (C=O) groups excluding carboxylic acids is 1. The molecule has 6 heteroatoms. The van der Waals surface area contributed by atoms with Gasteiger partial charge in [0.15, 0.2) is 11.5 Å². The molecule has 29 heavy (non-hydrogen) atoms. The summed E-state index contributed by atoms with van der Waals surface area (Å²) in [6.45, 7) is 0.941. The number of hydrogen-bond acceptors (Lipinski definition) is 4. The maximum absolute atomic E-state index is 12.9. The molecule has 154 valence electrons. The Labute approximate surface area is 176 Å². The van der Waals surface area contributed by atoms with Gasteiger partial charge >= 0.3 is 0 Å². The molecule has 2 aromatic carbocycles. The van der Waals surface area contributed by atoms with Crippen LogP contribution in [-0.2, 0) is 6.54 Å². The predicted molar refractivity (Wildman–Crippen MR) is 114 cm³/mol. The zero-order valence-corrected chi connectivity index (χ0v) is 17.6. The lowest BCUT2D eigenvalue weighted by molar-refractivity contribution is 0.0825. The van der Waals surface area contributed by atoms with E-state index in [1.807, 2.05) is 18.2 Å². The van der Waals surface area contributed by atoms with Crippen molar-refractivity contribution in [3.8, 4) is 11.5 Å². The summed E-state index contributed by atoms with van der Waals surface area (Å²) in [7, 11) is 3.14. The van der Waals surface area contributed by atoms with Gasteiger partial charge in [0.05, 0.1) is 19.8 Å². The first kappa shape index (κ1) is 20.0. The highest BCUT2D eigenvalue weighted by molar-refractivity contribution is 6.30. The summed E-state index contributed by atoms with van der Waals surface area (Å²) in [6, 6.07) is 14.7. The average Bonchev–Trinajstić information content (AvgIpc) is 2.96. The van der Waals surface area contributed by atoms with Crippen LogP contribution in [0.1, 0.15) is 41.6 Å². The molecular formula is C23H27ClN2O3. The Balaban J connectivity index is 1.41. The number of nitrogens with zero attached hydrogens (tertiary/aromatic N) is 1. The Morgan fingerprint density at radius 2 is 1.76 bits per heavy atom. The molecule has 2 atom stereocenters. The summed E-state index contributed by atoms with van der Waals surface area (Å²) >= 11 is 6.01. The number of halogens is 1. The molecule has 2 fully saturated rings. The van der Waals surface area contributed by atoms with Gasteiger partial charge in [0.2, 0.25) is 0 Å². The molecule has 2 heterocycles. The van der Waals surface area contributed by atoms with E-state index in [0.717, 1.165) is 24.4 Å². The first-order valence-corrected chi connectivity index (χ1v) is 10.5. The van der Waals surface area contributed by atoms with Gasteiger partial charge in [-0.25, -0.2) is 0 Å². The first-order valence-electron chi connectivity index (χ1n) is 10.1. The van der Waals surface area contributed by atoms with Crippen molar-refractivity contribution in [1.82, 2.24) is 10.2 Å². The van der Waals surface area contributed by atoms with Crippen LogP contribution in [0, 0.1) is 0 Å². The van der Waals surface area contributed by atoms with E-state index >= 15 is 0 Å². The summed E-state index contributed by atoms with van der Waals surface area (Å²) < 4.78 is 10.7. The third kappa shape index (κ3) is 4.21. The van der Waals surface area contributed by atoms with Crippen LogP contribution in [0.4, 0.5) is 0 Å². The Bertz CT molecular complexity index is 857. The van der Waals surface area contributed by atoms with E-state index in [4.69, 9.17) is 21.1 Å². The van der Waals surface area contributed by atoms with E-state index < -0.39 is 0 Å². The third-order valence-electron chi connectivity index (χ3n) is 6.15. The molecule has 1 amide bonds. The summed E-state index contributed by atoms with van der Waals surface area (Å²) in [5, 5.41) is 4.00. The van der Waals surface area contributed by atoms with E-state index in [2.05, 4.69) is 22.3 Å². The smallest absolute Gasteiger partial charge is 0.255 e. The van der Waals surface area contributed by atoms with Crippen LogP contribution in [0.25, 0.3) is 0 Å². The number of para-hydroxylation sites is 1. The number of hydrogen-bond donors (Lipinski definition) is 1.